The molecule has 134 valence electrons. The molecular weight excluding hydrogens is 364 g/mol. The van der Waals surface area contributed by atoms with Crippen LogP contribution in [-0.2, 0) is 6.54 Å². The molecule has 3 nitrogen and oxygen atoms in total. The third kappa shape index (κ3) is 3.67. The molecular formula is C21H21ClN2OS. The molecule has 0 N–H and O–H groups in total. The van der Waals surface area contributed by atoms with E-state index in [1.54, 1.807) is 35.6 Å². The molecule has 0 saturated heterocycles. The zero-order chi connectivity index (χ0) is 18.8. The van der Waals surface area contributed by atoms with E-state index < -0.39 is 0 Å². The monoisotopic (exact) mass is 384 g/mol. The second-order valence-electron chi connectivity index (χ2n) is 6.26. The van der Waals surface area contributed by atoms with Gasteiger partial charge in [0.05, 0.1) is 5.69 Å². The fraction of sp³-hybridized carbons (Fsp3) is 0.238. The molecule has 0 atom stereocenters. The summed E-state index contributed by atoms with van der Waals surface area (Å²) in [7, 11) is 0. The van der Waals surface area contributed by atoms with Crippen molar-refractivity contribution in [2.45, 2.75) is 34.2 Å². The van der Waals surface area contributed by atoms with Crippen molar-refractivity contribution in [3.8, 4) is 11.3 Å². The lowest BCUT2D eigenvalue weighted by molar-refractivity contribution is 0.0998. The Labute approximate surface area is 162 Å². The van der Waals surface area contributed by atoms with E-state index in [-0.39, 0.29) is 5.91 Å². The van der Waals surface area contributed by atoms with Crippen LogP contribution in [0.1, 0.15) is 33.3 Å². The van der Waals surface area contributed by atoms with Crippen molar-refractivity contribution in [2.24, 2.45) is 4.99 Å². The molecule has 0 radical (unpaired) electrons. The second-order valence-corrected chi connectivity index (χ2v) is 7.88. The van der Waals surface area contributed by atoms with E-state index in [2.05, 4.69) is 55.5 Å². The number of nitrogens with zero attached hydrogens (tertiary/aromatic N) is 2. The van der Waals surface area contributed by atoms with Gasteiger partial charge in [-0.05, 0) is 68.7 Å². The van der Waals surface area contributed by atoms with E-state index in [0.29, 0.717) is 15.4 Å². The molecule has 5 heteroatoms. The summed E-state index contributed by atoms with van der Waals surface area (Å²) in [4.78, 5) is 18.8. The first-order chi connectivity index (χ1) is 12.4. The van der Waals surface area contributed by atoms with Crippen LogP contribution in [0.4, 0.5) is 0 Å². The third-order valence-corrected chi connectivity index (χ3v) is 5.67. The normalized spacial score (nSPS) is 11.8. The Kier molecular flexibility index (Phi) is 5.44. The summed E-state index contributed by atoms with van der Waals surface area (Å²) in [6.45, 7) is 9.11. The summed E-state index contributed by atoms with van der Waals surface area (Å²) >= 11 is 7.53. The van der Waals surface area contributed by atoms with E-state index in [9.17, 15) is 4.79 Å². The number of hydrogen-bond acceptors (Lipinski definition) is 2. The number of amides is 1. The van der Waals surface area contributed by atoms with Gasteiger partial charge < -0.3 is 4.57 Å². The fourth-order valence-corrected chi connectivity index (χ4v) is 4.17. The highest BCUT2D eigenvalue weighted by atomic mass is 35.5. The van der Waals surface area contributed by atoms with Crippen LogP contribution in [-0.4, -0.2) is 10.5 Å². The van der Waals surface area contributed by atoms with Crippen molar-refractivity contribution >= 4 is 28.8 Å². The summed E-state index contributed by atoms with van der Waals surface area (Å²) in [5.74, 6) is -0.275. The number of halogens is 1. The first-order valence-electron chi connectivity index (χ1n) is 8.53. The SMILES string of the molecule is CCn1c(-c2ccc(C)c(C)c2)c(C)sc1=NC(=O)c1cccc(Cl)c1. The Bertz CT molecular complexity index is 1050. The van der Waals surface area contributed by atoms with Crippen LogP contribution in [0, 0.1) is 20.8 Å². The average Bonchev–Trinajstić information content (AvgIpc) is 2.92. The molecule has 0 aliphatic rings. The zero-order valence-electron chi connectivity index (χ0n) is 15.3. The molecule has 1 amide bonds. The van der Waals surface area contributed by atoms with Crippen molar-refractivity contribution in [1.29, 1.82) is 0 Å². The van der Waals surface area contributed by atoms with Gasteiger partial charge in [-0.2, -0.15) is 4.99 Å². The highest BCUT2D eigenvalue weighted by molar-refractivity contribution is 7.09. The first kappa shape index (κ1) is 18.6. The van der Waals surface area contributed by atoms with Crippen LogP contribution in [0.5, 0.6) is 0 Å². The van der Waals surface area contributed by atoms with Gasteiger partial charge in [-0.1, -0.05) is 29.8 Å². The predicted molar refractivity (Wildman–Crippen MR) is 109 cm³/mol. The van der Waals surface area contributed by atoms with Crippen LogP contribution in [0.3, 0.4) is 0 Å². The number of thiazole rings is 1. The average molecular weight is 385 g/mol. The molecule has 0 spiro atoms. The highest BCUT2D eigenvalue weighted by Crippen LogP contribution is 2.27. The van der Waals surface area contributed by atoms with Gasteiger partial charge in [0.15, 0.2) is 4.80 Å². The summed E-state index contributed by atoms with van der Waals surface area (Å²) in [5.41, 5.74) is 5.30. The summed E-state index contributed by atoms with van der Waals surface area (Å²) in [6, 6.07) is 13.4. The van der Waals surface area contributed by atoms with Gasteiger partial charge in [-0.3, -0.25) is 4.79 Å². The zero-order valence-corrected chi connectivity index (χ0v) is 16.9. The Morgan fingerprint density at radius 2 is 1.88 bits per heavy atom. The molecule has 0 fully saturated rings. The quantitative estimate of drug-likeness (QED) is 0.582. The number of aryl methyl sites for hydroxylation is 3. The maximum absolute atomic E-state index is 12.6. The summed E-state index contributed by atoms with van der Waals surface area (Å²) < 4.78 is 2.10. The maximum Gasteiger partial charge on any atom is 0.279 e. The van der Waals surface area contributed by atoms with Crippen LogP contribution in [0.25, 0.3) is 11.3 Å². The molecule has 1 heterocycles. The van der Waals surface area contributed by atoms with E-state index in [0.717, 1.165) is 22.7 Å². The smallest absolute Gasteiger partial charge is 0.279 e. The maximum atomic E-state index is 12.6. The molecule has 3 aromatic rings. The van der Waals surface area contributed by atoms with E-state index in [4.69, 9.17) is 11.6 Å². The Balaban J connectivity index is 2.12. The van der Waals surface area contributed by atoms with Crippen LogP contribution in [0.2, 0.25) is 5.02 Å². The van der Waals surface area contributed by atoms with Gasteiger partial charge in [-0.15, -0.1) is 11.3 Å². The van der Waals surface area contributed by atoms with E-state index in [1.807, 2.05) is 0 Å². The number of benzene rings is 2. The fourth-order valence-electron chi connectivity index (χ4n) is 2.92. The number of carbonyl (C=O) groups is 1. The summed E-state index contributed by atoms with van der Waals surface area (Å²) in [5, 5.41) is 0.535. The van der Waals surface area contributed by atoms with Crippen molar-refractivity contribution in [1.82, 2.24) is 4.57 Å². The van der Waals surface area contributed by atoms with Crippen LogP contribution < -0.4 is 4.80 Å². The minimum absolute atomic E-state index is 0.275. The molecule has 0 aliphatic heterocycles. The van der Waals surface area contributed by atoms with Crippen molar-refractivity contribution in [2.75, 3.05) is 0 Å². The molecule has 1 aromatic heterocycles. The van der Waals surface area contributed by atoms with Crippen LogP contribution >= 0.6 is 22.9 Å². The molecule has 0 unspecified atom stereocenters. The lowest BCUT2D eigenvalue weighted by atomic mass is 10.0. The van der Waals surface area contributed by atoms with Gasteiger partial charge >= 0.3 is 0 Å². The number of aromatic nitrogens is 1. The van der Waals surface area contributed by atoms with Gasteiger partial charge in [0, 0.05) is 22.0 Å². The van der Waals surface area contributed by atoms with Gasteiger partial charge in [0.1, 0.15) is 0 Å². The first-order valence-corrected chi connectivity index (χ1v) is 9.72. The summed E-state index contributed by atoms with van der Waals surface area (Å²) in [6.07, 6.45) is 0. The minimum atomic E-state index is -0.275. The molecule has 0 saturated carbocycles. The standard InChI is InChI=1S/C21H21ClN2OS/c1-5-24-19(16-10-9-13(2)14(3)11-16)15(4)26-21(24)23-20(25)17-7-6-8-18(22)12-17/h6-12H,5H2,1-4H3. The predicted octanol–water partition coefficient (Wildman–Crippen LogP) is 5.56. The number of hydrogen-bond donors (Lipinski definition) is 0. The molecule has 0 bridgehead atoms. The Morgan fingerprint density at radius 3 is 2.54 bits per heavy atom. The van der Waals surface area contributed by atoms with Gasteiger partial charge in [-0.25, -0.2) is 0 Å². The molecule has 26 heavy (non-hydrogen) atoms. The third-order valence-electron chi connectivity index (χ3n) is 4.44. The number of carbonyl (C=O) groups excluding carboxylic acids is 1. The molecule has 2 aromatic carbocycles. The lowest BCUT2D eigenvalue weighted by Crippen LogP contribution is -2.17. The van der Waals surface area contributed by atoms with Crippen molar-refractivity contribution in [3.63, 3.8) is 0 Å². The van der Waals surface area contributed by atoms with Crippen molar-refractivity contribution < 1.29 is 4.79 Å². The van der Waals surface area contributed by atoms with E-state index in [1.165, 1.54) is 11.1 Å². The lowest BCUT2D eigenvalue weighted by Gasteiger charge is -2.10. The second kappa shape index (κ2) is 7.60. The van der Waals surface area contributed by atoms with Gasteiger partial charge in [0.2, 0.25) is 0 Å². The van der Waals surface area contributed by atoms with Crippen LogP contribution in [0.15, 0.2) is 47.5 Å². The van der Waals surface area contributed by atoms with Gasteiger partial charge in [0.25, 0.3) is 5.91 Å². The Hall–Kier alpha value is -2.17. The molecule has 3 rings (SSSR count). The topological polar surface area (TPSA) is 34.4 Å². The largest absolute Gasteiger partial charge is 0.316 e. The van der Waals surface area contributed by atoms with Crippen molar-refractivity contribution in [3.05, 3.63) is 73.9 Å². The molecule has 0 aliphatic carbocycles. The van der Waals surface area contributed by atoms with E-state index >= 15 is 0 Å². The number of rotatable bonds is 3. The highest BCUT2D eigenvalue weighted by Gasteiger charge is 2.14. The minimum Gasteiger partial charge on any atom is -0.316 e. The Morgan fingerprint density at radius 1 is 1.12 bits per heavy atom.